The number of halogens is 1. The number of hydrogen-bond acceptors (Lipinski definition) is 10. The summed E-state index contributed by atoms with van der Waals surface area (Å²) in [5, 5.41) is 45.2. The average Bonchev–Trinajstić information content (AvgIpc) is 2.85. The Bertz CT molecular complexity index is 1500. The second kappa shape index (κ2) is 11.1. The molecule has 0 bridgehead atoms. The van der Waals surface area contributed by atoms with Crippen molar-refractivity contribution >= 4 is 35.7 Å². The Morgan fingerprint density at radius 1 is 0.895 bits per heavy atom. The molecule has 0 spiro atoms. The van der Waals surface area contributed by atoms with Crippen molar-refractivity contribution in [1.29, 1.82) is 0 Å². The van der Waals surface area contributed by atoms with Gasteiger partial charge in [0.2, 0.25) is 0 Å². The van der Waals surface area contributed by atoms with Gasteiger partial charge in [-0.2, -0.15) is 5.10 Å². The number of nitrogens with zero attached hydrogens (tertiary/aromatic N) is 1. The molecule has 0 fully saturated rings. The number of aromatic hydroxyl groups is 4. The molecule has 3 rings (SSSR count). The van der Waals surface area contributed by atoms with E-state index in [1.165, 1.54) is 51.1 Å². The lowest BCUT2D eigenvalue weighted by molar-refractivity contribution is 0.0596. The van der Waals surface area contributed by atoms with E-state index in [2.05, 4.69) is 15.3 Å². The van der Waals surface area contributed by atoms with Gasteiger partial charge in [-0.25, -0.2) is 15.0 Å². The summed E-state index contributed by atoms with van der Waals surface area (Å²) in [6.45, 7) is 4.38. The smallest absolute Gasteiger partial charge is 0.347 e. The topological polar surface area (TPSA) is 175 Å². The fraction of sp³-hybridized carbons (Fsp3) is 0.154. The van der Waals surface area contributed by atoms with Crippen LogP contribution in [-0.2, 0) is 4.74 Å². The highest BCUT2D eigenvalue weighted by Crippen LogP contribution is 2.37. The van der Waals surface area contributed by atoms with Crippen LogP contribution in [0.25, 0.3) is 0 Å². The van der Waals surface area contributed by atoms with Crippen molar-refractivity contribution in [2.24, 2.45) is 5.10 Å². The second-order valence-electron chi connectivity index (χ2n) is 8.13. The first-order chi connectivity index (χ1) is 17.9. The number of rotatable bonds is 6. The van der Waals surface area contributed by atoms with Crippen molar-refractivity contribution < 1.29 is 44.3 Å². The first-order valence-corrected chi connectivity index (χ1v) is 11.3. The predicted octanol–water partition coefficient (Wildman–Crippen LogP) is 3.86. The van der Waals surface area contributed by atoms with Crippen LogP contribution in [0.3, 0.4) is 0 Å². The van der Waals surface area contributed by atoms with Crippen LogP contribution in [0.4, 0.5) is 0 Å². The van der Waals surface area contributed by atoms with Gasteiger partial charge in [-0.1, -0.05) is 11.6 Å². The lowest BCUT2D eigenvalue weighted by Gasteiger charge is -2.16. The number of benzene rings is 3. The Balaban J connectivity index is 1.91. The summed E-state index contributed by atoms with van der Waals surface area (Å²) in [4.78, 5) is 37.3. The van der Waals surface area contributed by atoms with Gasteiger partial charge in [0.25, 0.3) is 5.91 Å². The SMILES string of the molecule is COC(=O)c1c(C)cc(OC(=O)c2c(C)cc(O)c(/C=N/NC(=O)c3cc(Cl)ccc3O)c2O)c(C)c1O. The lowest BCUT2D eigenvalue weighted by atomic mass is 10.0. The van der Waals surface area contributed by atoms with Crippen molar-refractivity contribution in [2.45, 2.75) is 20.8 Å². The van der Waals surface area contributed by atoms with Crippen LogP contribution in [-0.4, -0.2) is 51.6 Å². The van der Waals surface area contributed by atoms with E-state index in [1.807, 2.05) is 0 Å². The summed E-state index contributed by atoms with van der Waals surface area (Å²) < 4.78 is 10.1. The number of phenols is 4. The summed E-state index contributed by atoms with van der Waals surface area (Å²) in [5.41, 5.74) is 1.75. The Morgan fingerprint density at radius 3 is 2.18 bits per heavy atom. The number of esters is 2. The molecule has 0 radical (unpaired) electrons. The maximum atomic E-state index is 13.0. The number of nitrogens with one attached hydrogen (secondary N) is 1. The highest BCUT2D eigenvalue weighted by molar-refractivity contribution is 6.31. The molecule has 0 aliphatic rings. The van der Waals surface area contributed by atoms with Gasteiger partial charge in [0.1, 0.15) is 39.9 Å². The minimum atomic E-state index is -1.03. The van der Waals surface area contributed by atoms with Crippen LogP contribution in [0.2, 0.25) is 5.02 Å². The molecule has 1 amide bonds. The van der Waals surface area contributed by atoms with E-state index in [9.17, 15) is 34.8 Å². The van der Waals surface area contributed by atoms with Gasteiger partial charge in [0.05, 0.1) is 24.5 Å². The Kier molecular flexibility index (Phi) is 8.12. The van der Waals surface area contributed by atoms with E-state index in [0.717, 1.165) is 13.3 Å². The minimum Gasteiger partial charge on any atom is -0.507 e. The first kappa shape index (κ1) is 27.8. The maximum absolute atomic E-state index is 13.0. The number of phenolic OH excluding ortho intramolecular Hbond substituents is 4. The molecule has 3 aromatic rings. The normalized spacial score (nSPS) is 10.9. The van der Waals surface area contributed by atoms with Gasteiger partial charge in [0, 0.05) is 10.6 Å². The summed E-state index contributed by atoms with van der Waals surface area (Å²) in [6.07, 6.45) is 0.896. The zero-order valence-electron chi connectivity index (χ0n) is 20.6. The molecule has 0 aromatic heterocycles. The Labute approximate surface area is 221 Å². The van der Waals surface area contributed by atoms with Crippen LogP contribution in [0, 0.1) is 20.8 Å². The Hall–Kier alpha value is -4.77. The summed E-state index contributed by atoms with van der Waals surface area (Å²) in [5.74, 6) is -4.62. The number of ether oxygens (including phenoxy) is 2. The van der Waals surface area contributed by atoms with Gasteiger partial charge >= 0.3 is 11.9 Å². The number of methoxy groups -OCH3 is 1. The van der Waals surface area contributed by atoms with E-state index >= 15 is 0 Å². The monoisotopic (exact) mass is 542 g/mol. The van der Waals surface area contributed by atoms with Crippen LogP contribution >= 0.6 is 11.6 Å². The molecule has 0 heterocycles. The fourth-order valence-corrected chi connectivity index (χ4v) is 3.75. The summed E-state index contributed by atoms with van der Waals surface area (Å²) in [6, 6.07) is 6.36. The van der Waals surface area contributed by atoms with Crippen LogP contribution < -0.4 is 10.2 Å². The van der Waals surface area contributed by atoms with Gasteiger partial charge in [-0.05, 0) is 62.2 Å². The van der Waals surface area contributed by atoms with Gasteiger partial charge in [-0.3, -0.25) is 4.79 Å². The van der Waals surface area contributed by atoms with E-state index in [4.69, 9.17) is 16.3 Å². The largest absolute Gasteiger partial charge is 0.507 e. The number of amides is 1. The third-order valence-corrected chi connectivity index (χ3v) is 5.81. The van der Waals surface area contributed by atoms with E-state index < -0.39 is 35.1 Å². The van der Waals surface area contributed by atoms with E-state index in [0.29, 0.717) is 0 Å². The third kappa shape index (κ3) is 5.47. The fourth-order valence-electron chi connectivity index (χ4n) is 3.57. The average molecular weight is 543 g/mol. The summed E-state index contributed by atoms with van der Waals surface area (Å²) >= 11 is 5.83. The van der Waals surface area contributed by atoms with E-state index in [1.54, 1.807) is 0 Å². The second-order valence-corrected chi connectivity index (χ2v) is 8.57. The van der Waals surface area contributed by atoms with Crippen molar-refractivity contribution in [1.82, 2.24) is 5.43 Å². The van der Waals surface area contributed by atoms with Crippen molar-refractivity contribution in [3.63, 3.8) is 0 Å². The quantitative estimate of drug-likeness (QED) is 0.134. The van der Waals surface area contributed by atoms with Gasteiger partial charge < -0.3 is 29.9 Å². The molecule has 0 aliphatic carbocycles. The molecule has 12 heteroatoms. The van der Waals surface area contributed by atoms with Crippen LogP contribution in [0.15, 0.2) is 35.4 Å². The number of carbonyl (C=O) groups is 3. The molecule has 0 unspecified atom stereocenters. The summed E-state index contributed by atoms with van der Waals surface area (Å²) in [7, 11) is 1.16. The number of aryl methyl sites for hydroxylation is 2. The molecule has 198 valence electrons. The highest BCUT2D eigenvalue weighted by Gasteiger charge is 2.25. The predicted molar refractivity (Wildman–Crippen MR) is 137 cm³/mol. The van der Waals surface area contributed by atoms with Gasteiger partial charge in [0.15, 0.2) is 0 Å². The van der Waals surface area contributed by atoms with Crippen LogP contribution in [0.1, 0.15) is 53.3 Å². The molecule has 11 nitrogen and oxygen atoms in total. The number of carbonyl (C=O) groups excluding carboxylic acids is 3. The number of hydrazone groups is 1. The molecule has 0 saturated carbocycles. The third-order valence-electron chi connectivity index (χ3n) is 5.58. The molecule has 5 N–H and O–H groups in total. The first-order valence-electron chi connectivity index (χ1n) is 10.9. The van der Waals surface area contributed by atoms with Crippen molar-refractivity contribution in [3.8, 4) is 28.7 Å². The lowest BCUT2D eigenvalue weighted by Crippen LogP contribution is -2.18. The van der Waals surface area contributed by atoms with Gasteiger partial charge in [-0.15, -0.1) is 0 Å². The zero-order valence-corrected chi connectivity index (χ0v) is 21.4. The van der Waals surface area contributed by atoms with Crippen molar-refractivity contribution in [2.75, 3.05) is 7.11 Å². The maximum Gasteiger partial charge on any atom is 0.347 e. The molecule has 38 heavy (non-hydrogen) atoms. The van der Waals surface area contributed by atoms with E-state index in [-0.39, 0.29) is 55.5 Å². The highest BCUT2D eigenvalue weighted by atomic mass is 35.5. The Morgan fingerprint density at radius 2 is 1.53 bits per heavy atom. The number of hydrogen-bond donors (Lipinski definition) is 5. The molecule has 0 atom stereocenters. The van der Waals surface area contributed by atoms with Crippen LogP contribution in [0.5, 0.6) is 28.7 Å². The molecular formula is C26H23ClN2O9. The molecule has 3 aromatic carbocycles. The molecule has 0 saturated heterocycles. The zero-order chi connectivity index (χ0) is 28.3. The standard InChI is InChI=1S/C26H23ClN2O9/c1-11-7-18(31)16(10-28-29-24(34)15-9-14(27)5-6-17(15)30)23(33)21(11)26(36)38-19-8-12(2)20(25(35)37-4)22(32)13(19)3/h5-10,30-33H,1-4H3,(H,29,34)/b28-10+. The minimum absolute atomic E-state index is 0.0756. The molecule has 0 aliphatic heterocycles. The van der Waals surface area contributed by atoms with Crippen molar-refractivity contribution in [3.05, 3.63) is 74.3 Å². The molecular weight excluding hydrogens is 520 g/mol.